The Bertz CT molecular complexity index is 2690. The number of allylic oxidation sites excluding steroid dienone is 2. The predicted molar refractivity (Wildman–Crippen MR) is 359 cm³/mol. The molecule has 0 bridgehead atoms. The van der Waals surface area contributed by atoms with Gasteiger partial charge in [-0.3, -0.25) is 52.7 Å². The first kappa shape index (κ1) is 82.1. The molecule has 93 heavy (non-hydrogen) atoms. The van der Waals surface area contributed by atoms with Crippen molar-refractivity contribution in [3.63, 3.8) is 0 Å². The fraction of sp³-hybridized carbons (Fsp3) is 0.725. The minimum atomic E-state index is -1.63. The summed E-state index contributed by atoms with van der Waals surface area (Å²) in [7, 11) is 9.90. The third kappa shape index (κ3) is 23.8. The summed E-state index contributed by atoms with van der Waals surface area (Å²) >= 11 is 0. The van der Waals surface area contributed by atoms with Gasteiger partial charge in [-0.15, -0.1) is 0 Å². The summed E-state index contributed by atoms with van der Waals surface area (Å²) in [5.41, 5.74) is 0.771. The lowest BCUT2D eigenvalue weighted by atomic mass is 9.91. The number of aliphatic hydroxyl groups excluding tert-OH is 1. The van der Waals surface area contributed by atoms with Gasteiger partial charge in [-0.2, -0.15) is 0 Å². The summed E-state index contributed by atoms with van der Waals surface area (Å²) in [5, 5.41) is 23.3. The van der Waals surface area contributed by atoms with Gasteiger partial charge in [-0.05, 0) is 99.4 Å². The van der Waals surface area contributed by atoms with Crippen LogP contribution in [0, 0.1) is 41.4 Å². The standard InChI is InChI=1S/C69H117N11O13/c1-24-26-30-46(15)59(82)58-63(86)71-49(25-2)64(87)74(17)37-55(81)75(18)51(33-40(3)4)62(85)73-56(44(11)12)68(91)76(19)52(34-41(5)6)61(84)70-47(16)60(83)72-50(39-93-38-48-31-28-27-29-32-48)65(88)77(20)53(35-42(7)8)66(89)78(21)54(36-43(9)10)67(90)79(22)57(45(13)14)69(92)80(58)23/h24,26-29,31-32,40-47,49-54,56-59,82H,25,30,33-39H2,1-23H3,(H,70,84)(H,71,86)(H,72,83)(H,73,85)/b26-24+/t46-,47+,49+,50-,51+,52+,53+,54+,56+,57+,58+,59-/m1/s1. The predicted octanol–water partition coefficient (Wildman–Crippen LogP) is 4.47. The Morgan fingerprint density at radius 1 is 0.505 bits per heavy atom. The quantitative estimate of drug-likeness (QED) is 0.120. The topological polar surface area (TPSA) is 288 Å². The molecule has 2 rings (SSSR count). The Labute approximate surface area is 555 Å². The van der Waals surface area contributed by atoms with Crippen LogP contribution in [-0.2, 0) is 64.1 Å². The highest BCUT2D eigenvalue weighted by atomic mass is 16.5. The number of nitrogens with zero attached hydrogens (tertiary/aromatic N) is 7. The molecule has 1 aromatic carbocycles. The molecule has 24 heteroatoms. The Morgan fingerprint density at radius 2 is 0.957 bits per heavy atom. The van der Waals surface area contributed by atoms with Gasteiger partial charge in [-0.1, -0.05) is 139 Å². The maximum Gasteiger partial charge on any atom is 0.247 e. The summed E-state index contributed by atoms with van der Waals surface area (Å²) in [4.78, 5) is 171. The molecule has 0 radical (unpaired) electrons. The highest BCUT2D eigenvalue weighted by Gasteiger charge is 2.46. The van der Waals surface area contributed by atoms with Gasteiger partial charge < -0.3 is 65.4 Å². The van der Waals surface area contributed by atoms with Crippen LogP contribution in [-0.4, -0.2) is 233 Å². The smallest absolute Gasteiger partial charge is 0.247 e. The average Bonchev–Trinajstić information content (AvgIpc) is 0.817. The van der Waals surface area contributed by atoms with Crippen LogP contribution in [0.2, 0.25) is 0 Å². The van der Waals surface area contributed by atoms with Crippen molar-refractivity contribution in [2.75, 3.05) is 62.5 Å². The number of carbonyl (C=O) groups is 11. The van der Waals surface area contributed by atoms with E-state index in [4.69, 9.17) is 4.74 Å². The largest absolute Gasteiger partial charge is 0.390 e. The molecule has 1 heterocycles. The molecular formula is C69H117N11O13. The number of amides is 11. The lowest BCUT2D eigenvalue weighted by molar-refractivity contribution is -0.157. The van der Waals surface area contributed by atoms with E-state index in [1.807, 2.05) is 85.7 Å². The van der Waals surface area contributed by atoms with E-state index < -0.39 is 156 Å². The molecule has 0 unspecified atom stereocenters. The SMILES string of the molecule is C/C=C/C[C@@H](C)[C@@H](O)[C@H]1C(=O)N[C@@H](CC)C(=O)N(C)CC(=O)N(C)[C@@H](CC(C)C)C(=O)N[C@@H](C(C)C)C(=O)N(C)[C@@H](CC(C)C)C(=O)N[C@@H](C)C(=O)N[C@H](COCc2ccccc2)C(=O)N(C)[C@@H](CC(C)C)C(=O)N(C)[C@@H](CC(C)C)C(=O)N(C)[C@@H](C(C)C)C(=O)N1C. The monoisotopic (exact) mass is 1310 g/mol. The average molecular weight is 1310 g/mol. The molecule has 0 aliphatic carbocycles. The molecule has 1 aliphatic heterocycles. The molecule has 0 saturated carbocycles. The van der Waals surface area contributed by atoms with Crippen LogP contribution in [0.3, 0.4) is 0 Å². The molecule has 1 aliphatic rings. The number of rotatable bonds is 19. The van der Waals surface area contributed by atoms with Crippen LogP contribution < -0.4 is 21.3 Å². The highest BCUT2D eigenvalue weighted by molar-refractivity contribution is 5.99. The molecule has 0 spiro atoms. The Balaban J connectivity index is 3.07. The fourth-order valence-electron chi connectivity index (χ4n) is 11.6. The zero-order valence-corrected chi connectivity index (χ0v) is 60.3. The third-order valence-corrected chi connectivity index (χ3v) is 17.4. The zero-order chi connectivity index (χ0) is 71.2. The van der Waals surface area contributed by atoms with E-state index in [0.29, 0.717) is 6.42 Å². The molecule has 526 valence electrons. The third-order valence-electron chi connectivity index (χ3n) is 17.4. The van der Waals surface area contributed by atoms with Crippen LogP contribution in [0.25, 0.3) is 0 Å². The number of likely N-dealkylation sites (N-methyl/N-ethyl adjacent to an activating group) is 7. The van der Waals surface area contributed by atoms with Crippen molar-refractivity contribution < 1.29 is 62.6 Å². The Hall–Kier alpha value is -6.95. The summed E-state index contributed by atoms with van der Waals surface area (Å²) in [5.74, 6) is -10.2. The summed E-state index contributed by atoms with van der Waals surface area (Å²) in [6.45, 7) is 27.5. The van der Waals surface area contributed by atoms with E-state index in [9.17, 15) is 38.7 Å². The van der Waals surface area contributed by atoms with E-state index >= 15 is 19.2 Å². The molecule has 11 amide bonds. The summed E-state index contributed by atoms with van der Waals surface area (Å²) in [6.07, 6.45) is 2.89. The molecule has 1 fully saturated rings. The maximum atomic E-state index is 15.3. The van der Waals surface area contributed by atoms with Crippen molar-refractivity contribution in [2.45, 2.75) is 222 Å². The normalized spacial score (nSPS) is 25.6. The van der Waals surface area contributed by atoms with E-state index in [-0.39, 0.29) is 69.0 Å². The lowest BCUT2D eigenvalue weighted by Gasteiger charge is -2.41. The van der Waals surface area contributed by atoms with Gasteiger partial charge in [0.2, 0.25) is 65.0 Å². The van der Waals surface area contributed by atoms with Crippen LogP contribution in [0.15, 0.2) is 42.5 Å². The van der Waals surface area contributed by atoms with E-state index in [2.05, 4.69) is 21.3 Å². The molecule has 1 saturated heterocycles. The number of hydrogen-bond acceptors (Lipinski definition) is 13. The number of carbonyl (C=O) groups excluding carboxylic acids is 11. The summed E-state index contributed by atoms with van der Waals surface area (Å²) < 4.78 is 6.10. The maximum absolute atomic E-state index is 15.3. The number of benzene rings is 1. The highest BCUT2D eigenvalue weighted by Crippen LogP contribution is 2.26. The Kier molecular flexibility index (Phi) is 33.9. The first-order chi connectivity index (χ1) is 43.3. The Morgan fingerprint density at radius 3 is 1.44 bits per heavy atom. The van der Waals surface area contributed by atoms with Crippen LogP contribution in [0.4, 0.5) is 0 Å². The fourth-order valence-corrected chi connectivity index (χ4v) is 11.6. The van der Waals surface area contributed by atoms with Crippen LogP contribution in [0.1, 0.15) is 155 Å². The number of aliphatic hydroxyl groups is 1. The minimum absolute atomic E-state index is 0.0137. The molecule has 0 aromatic heterocycles. The van der Waals surface area contributed by atoms with Crippen LogP contribution in [0.5, 0.6) is 0 Å². The molecule has 24 nitrogen and oxygen atoms in total. The second-order valence-electron chi connectivity index (χ2n) is 27.9. The minimum Gasteiger partial charge on any atom is -0.390 e. The number of nitrogens with one attached hydrogen (secondary N) is 4. The van der Waals surface area contributed by atoms with Gasteiger partial charge in [0.25, 0.3) is 0 Å². The van der Waals surface area contributed by atoms with Gasteiger partial charge in [-0.25, -0.2) is 0 Å². The zero-order valence-electron chi connectivity index (χ0n) is 60.3. The van der Waals surface area contributed by atoms with Gasteiger partial charge in [0.1, 0.15) is 60.4 Å². The van der Waals surface area contributed by atoms with Gasteiger partial charge >= 0.3 is 0 Å². The number of hydrogen-bond donors (Lipinski definition) is 5. The van der Waals surface area contributed by atoms with E-state index in [1.54, 1.807) is 60.6 Å². The molecular weight excluding hydrogens is 1190 g/mol. The van der Waals surface area contributed by atoms with Crippen molar-refractivity contribution in [3.05, 3.63) is 48.0 Å². The number of ether oxygens (including phenoxy) is 1. The van der Waals surface area contributed by atoms with Crippen LogP contribution >= 0.6 is 0 Å². The van der Waals surface area contributed by atoms with E-state index in [1.165, 1.54) is 80.8 Å². The van der Waals surface area contributed by atoms with Crippen molar-refractivity contribution in [2.24, 2.45) is 41.4 Å². The second kappa shape index (κ2) is 38.4. The van der Waals surface area contributed by atoms with E-state index in [0.717, 1.165) is 15.4 Å². The van der Waals surface area contributed by atoms with Crippen molar-refractivity contribution in [1.82, 2.24) is 55.6 Å². The first-order valence-corrected chi connectivity index (χ1v) is 33.2. The first-order valence-electron chi connectivity index (χ1n) is 33.2. The van der Waals surface area contributed by atoms with Gasteiger partial charge in [0.15, 0.2) is 0 Å². The van der Waals surface area contributed by atoms with Gasteiger partial charge in [0, 0.05) is 49.3 Å². The van der Waals surface area contributed by atoms with Crippen molar-refractivity contribution in [3.8, 4) is 0 Å². The molecule has 1 aromatic rings. The van der Waals surface area contributed by atoms with Crippen molar-refractivity contribution >= 4 is 65.0 Å². The lowest BCUT2D eigenvalue weighted by Crippen LogP contribution is -2.63. The van der Waals surface area contributed by atoms with Crippen molar-refractivity contribution in [1.29, 1.82) is 0 Å². The summed E-state index contributed by atoms with van der Waals surface area (Å²) in [6, 6.07) is -3.77. The second-order valence-corrected chi connectivity index (χ2v) is 27.9. The molecule has 5 N–H and O–H groups in total. The molecule has 12 atom stereocenters. The van der Waals surface area contributed by atoms with Gasteiger partial charge in [0.05, 0.1) is 25.9 Å².